The van der Waals surface area contributed by atoms with E-state index in [4.69, 9.17) is 9.47 Å². The van der Waals surface area contributed by atoms with E-state index in [2.05, 4.69) is 4.98 Å². The Bertz CT molecular complexity index is 1370. The molecule has 0 spiro atoms. The highest BCUT2D eigenvalue weighted by Gasteiger charge is 2.42. The maximum atomic E-state index is 12.9. The van der Waals surface area contributed by atoms with Gasteiger partial charge in [0, 0.05) is 12.3 Å². The molecule has 0 amide bonds. The number of carbonyl (C=O) groups excluding carboxylic acids is 1. The topological polar surface area (TPSA) is 115 Å². The predicted molar refractivity (Wildman–Crippen MR) is 133 cm³/mol. The number of nitrogens with zero attached hydrogens (tertiary/aromatic N) is 1. The van der Waals surface area contributed by atoms with Gasteiger partial charge in [-0.25, -0.2) is 18.2 Å². The van der Waals surface area contributed by atoms with E-state index >= 15 is 0 Å². The van der Waals surface area contributed by atoms with Gasteiger partial charge in [-0.1, -0.05) is 31.2 Å². The molecule has 2 N–H and O–H groups in total. The molecular formula is C26H27F3N2O6S. The second kappa shape index (κ2) is 10.7. The van der Waals surface area contributed by atoms with Crippen LogP contribution in [-0.2, 0) is 25.7 Å². The fourth-order valence-electron chi connectivity index (χ4n) is 3.17. The lowest BCUT2D eigenvalue weighted by Crippen LogP contribution is -2.56. The van der Waals surface area contributed by atoms with Gasteiger partial charge in [-0.15, -0.1) is 0 Å². The number of carbonyl (C=O) groups is 1. The van der Waals surface area contributed by atoms with Crippen molar-refractivity contribution in [1.82, 2.24) is 9.71 Å². The van der Waals surface area contributed by atoms with Crippen molar-refractivity contribution in [2.24, 2.45) is 0 Å². The smallest absolute Gasteiger partial charge is 0.417 e. The minimum atomic E-state index is -4.49. The van der Waals surface area contributed by atoms with Gasteiger partial charge < -0.3 is 14.6 Å². The van der Waals surface area contributed by atoms with Gasteiger partial charge >= 0.3 is 12.1 Å². The number of sulfonamides is 1. The highest BCUT2D eigenvalue weighted by atomic mass is 32.2. The number of aromatic nitrogens is 1. The molecule has 1 aromatic heterocycles. The van der Waals surface area contributed by atoms with Crippen molar-refractivity contribution in [3.63, 3.8) is 0 Å². The molecule has 0 radical (unpaired) electrons. The Hall–Kier alpha value is -3.48. The third kappa shape index (κ3) is 7.30. The van der Waals surface area contributed by atoms with Crippen molar-refractivity contribution in [1.29, 1.82) is 0 Å². The largest absolute Gasteiger partial charge is 0.457 e. The van der Waals surface area contributed by atoms with Crippen LogP contribution in [0, 0.1) is 0 Å². The minimum Gasteiger partial charge on any atom is -0.457 e. The van der Waals surface area contributed by atoms with E-state index in [1.165, 1.54) is 19.1 Å². The summed E-state index contributed by atoms with van der Waals surface area (Å²) in [5.74, 6) is -0.780. The number of rotatable bonds is 8. The zero-order valence-electron chi connectivity index (χ0n) is 21.0. The number of halogens is 3. The van der Waals surface area contributed by atoms with Crippen LogP contribution >= 0.6 is 0 Å². The van der Waals surface area contributed by atoms with Crippen molar-refractivity contribution in [2.75, 3.05) is 0 Å². The Morgan fingerprint density at radius 2 is 1.50 bits per heavy atom. The first-order valence-corrected chi connectivity index (χ1v) is 12.9. The number of pyridine rings is 1. The van der Waals surface area contributed by atoms with Gasteiger partial charge in [0.2, 0.25) is 21.6 Å². The van der Waals surface area contributed by atoms with Crippen LogP contribution < -0.4 is 9.46 Å². The molecule has 204 valence electrons. The third-order valence-electron chi connectivity index (χ3n) is 5.19. The van der Waals surface area contributed by atoms with Gasteiger partial charge in [-0.05, 0) is 68.7 Å². The number of nitrogens with one attached hydrogen (secondary N) is 1. The molecule has 0 fully saturated rings. The van der Waals surface area contributed by atoms with Crippen molar-refractivity contribution >= 4 is 16.0 Å². The van der Waals surface area contributed by atoms with Crippen LogP contribution in [-0.4, -0.2) is 35.8 Å². The first-order chi connectivity index (χ1) is 17.5. The van der Waals surface area contributed by atoms with Crippen molar-refractivity contribution in [3.05, 3.63) is 72.4 Å². The highest BCUT2D eigenvalue weighted by Crippen LogP contribution is 2.31. The summed E-state index contributed by atoms with van der Waals surface area (Å²) >= 11 is 0. The normalized spacial score (nSPS) is 14.0. The Morgan fingerprint density at radius 1 is 0.947 bits per heavy atom. The molecule has 1 heterocycles. The van der Waals surface area contributed by atoms with E-state index < -0.39 is 39.1 Å². The van der Waals surface area contributed by atoms with Gasteiger partial charge in [0.25, 0.3) is 0 Å². The second-order valence-electron chi connectivity index (χ2n) is 9.35. The zero-order chi connectivity index (χ0) is 28.4. The summed E-state index contributed by atoms with van der Waals surface area (Å²) in [5.41, 5.74) is -2.90. The highest BCUT2D eigenvalue weighted by molar-refractivity contribution is 7.89. The molecule has 1 unspecified atom stereocenters. The van der Waals surface area contributed by atoms with Crippen LogP contribution in [0.5, 0.6) is 11.6 Å². The summed E-state index contributed by atoms with van der Waals surface area (Å²) in [6, 6.07) is 14.2. The Balaban J connectivity index is 1.71. The summed E-state index contributed by atoms with van der Waals surface area (Å²) in [4.78, 5) is 15.9. The summed E-state index contributed by atoms with van der Waals surface area (Å²) < 4.78 is 76.4. The monoisotopic (exact) mass is 552 g/mol. The standard InChI is InChI=1S/C26H27F3N2O6S/c1-5-25(33,23(32)37-24(2,3)4)31-38(34,35)21-13-8-18(9-14-21)17-6-11-20(12-7-17)36-22-15-10-19(16-30-22)26(27,28)29/h6-16,31,33H,5H2,1-4H3. The summed E-state index contributed by atoms with van der Waals surface area (Å²) in [5, 5.41) is 10.6. The van der Waals surface area contributed by atoms with Crippen LogP contribution in [0.1, 0.15) is 39.7 Å². The van der Waals surface area contributed by atoms with Crippen molar-refractivity contribution in [2.45, 2.75) is 56.5 Å². The van der Waals surface area contributed by atoms with Gasteiger partial charge in [0.05, 0.1) is 10.5 Å². The maximum absolute atomic E-state index is 12.9. The molecule has 0 aliphatic carbocycles. The molecule has 0 bridgehead atoms. The van der Waals surface area contributed by atoms with E-state index in [-0.39, 0.29) is 17.2 Å². The molecule has 8 nitrogen and oxygen atoms in total. The number of ether oxygens (including phenoxy) is 2. The second-order valence-corrected chi connectivity index (χ2v) is 11.0. The number of hydrogen-bond acceptors (Lipinski definition) is 7. The van der Waals surface area contributed by atoms with Crippen molar-refractivity contribution < 1.29 is 41.0 Å². The lowest BCUT2D eigenvalue weighted by atomic mass is 10.1. The van der Waals surface area contributed by atoms with Crippen LogP contribution in [0.25, 0.3) is 11.1 Å². The third-order valence-corrected chi connectivity index (χ3v) is 6.69. The lowest BCUT2D eigenvalue weighted by Gasteiger charge is -2.29. The molecule has 3 aromatic rings. The van der Waals surface area contributed by atoms with Crippen LogP contribution in [0.3, 0.4) is 0 Å². The molecule has 1 atom stereocenters. The predicted octanol–water partition coefficient (Wildman–Crippen LogP) is 5.28. The fourth-order valence-corrected chi connectivity index (χ4v) is 4.46. The van der Waals surface area contributed by atoms with Crippen LogP contribution in [0.15, 0.2) is 71.8 Å². The fraction of sp³-hybridized carbons (Fsp3) is 0.308. The summed E-state index contributed by atoms with van der Waals surface area (Å²) in [6.07, 6.45) is -4.06. The zero-order valence-corrected chi connectivity index (χ0v) is 21.9. The van der Waals surface area contributed by atoms with E-state index in [1.54, 1.807) is 57.2 Å². The Morgan fingerprint density at radius 3 is 1.95 bits per heavy atom. The van der Waals surface area contributed by atoms with Gasteiger partial charge in [0.1, 0.15) is 11.4 Å². The van der Waals surface area contributed by atoms with Crippen LogP contribution in [0.4, 0.5) is 13.2 Å². The summed E-state index contributed by atoms with van der Waals surface area (Å²) in [7, 11) is -4.28. The van der Waals surface area contributed by atoms with Crippen LogP contribution in [0.2, 0.25) is 0 Å². The first kappa shape index (κ1) is 29.1. The molecule has 38 heavy (non-hydrogen) atoms. The van der Waals surface area contributed by atoms with Gasteiger partial charge in [-0.3, -0.25) is 0 Å². The molecule has 3 rings (SSSR count). The number of benzene rings is 2. The maximum Gasteiger partial charge on any atom is 0.417 e. The molecule has 0 aliphatic rings. The number of hydrogen-bond donors (Lipinski definition) is 2. The molecular weight excluding hydrogens is 525 g/mol. The average molecular weight is 553 g/mol. The first-order valence-electron chi connectivity index (χ1n) is 11.4. The van der Waals surface area contributed by atoms with E-state index in [0.717, 1.165) is 12.1 Å². The molecule has 12 heteroatoms. The number of aliphatic hydroxyl groups is 1. The SMILES string of the molecule is CCC(O)(NS(=O)(=O)c1ccc(-c2ccc(Oc3ccc(C(F)(F)F)cn3)cc2)cc1)C(=O)OC(C)(C)C. The summed E-state index contributed by atoms with van der Waals surface area (Å²) in [6.45, 7) is 6.23. The number of esters is 1. The van der Waals surface area contributed by atoms with E-state index in [0.29, 0.717) is 23.1 Å². The Kier molecular flexibility index (Phi) is 8.20. The quantitative estimate of drug-likeness (QED) is 0.289. The Labute approximate surface area is 218 Å². The van der Waals surface area contributed by atoms with E-state index in [9.17, 15) is 31.5 Å². The molecule has 0 saturated heterocycles. The van der Waals surface area contributed by atoms with Gasteiger partial charge in [-0.2, -0.15) is 17.9 Å². The molecule has 2 aromatic carbocycles. The van der Waals surface area contributed by atoms with E-state index in [1.807, 2.05) is 4.72 Å². The average Bonchev–Trinajstić information content (AvgIpc) is 2.83. The molecule has 0 aliphatic heterocycles. The number of alkyl halides is 3. The molecule has 0 saturated carbocycles. The van der Waals surface area contributed by atoms with Crippen molar-refractivity contribution in [3.8, 4) is 22.8 Å². The lowest BCUT2D eigenvalue weighted by molar-refractivity contribution is -0.179. The minimum absolute atomic E-state index is 0.00812. The van der Waals surface area contributed by atoms with Gasteiger partial charge in [0.15, 0.2) is 0 Å².